The fourth-order valence-electron chi connectivity index (χ4n) is 2.84. The van der Waals surface area contributed by atoms with Gasteiger partial charge in [-0.1, -0.05) is 6.42 Å². The van der Waals surface area contributed by atoms with Gasteiger partial charge in [0.15, 0.2) is 5.78 Å². The van der Waals surface area contributed by atoms with E-state index in [9.17, 15) is 18.0 Å². The van der Waals surface area contributed by atoms with E-state index in [1.165, 1.54) is 0 Å². The summed E-state index contributed by atoms with van der Waals surface area (Å²) in [5.74, 6) is -1.40. The standard InChI is InChI=1S/C16H19F3O2/c1-2-21-14-8-6-11(7-9-14)15(20)12-4-3-5-13(10-12)16(17,18)19/h6-9,12-13H,2-5,10H2,1H3. The molecular weight excluding hydrogens is 281 g/mol. The molecule has 0 aromatic heterocycles. The minimum atomic E-state index is -4.20. The summed E-state index contributed by atoms with van der Waals surface area (Å²) >= 11 is 0. The minimum absolute atomic E-state index is 0.0878. The number of halogens is 3. The van der Waals surface area contributed by atoms with Crippen molar-refractivity contribution in [1.29, 1.82) is 0 Å². The van der Waals surface area contributed by atoms with E-state index in [1.54, 1.807) is 24.3 Å². The highest BCUT2D eigenvalue weighted by molar-refractivity contribution is 5.98. The van der Waals surface area contributed by atoms with Gasteiger partial charge >= 0.3 is 6.18 Å². The van der Waals surface area contributed by atoms with Crippen LogP contribution >= 0.6 is 0 Å². The quantitative estimate of drug-likeness (QED) is 0.757. The molecule has 5 heteroatoms. The highest BCUT2D eigenvalue weighted by atomic mass is 19.4. The number of hydrogen-bond acceptors (Lipinski definition) is 2. The summed E-state index contributed by atoms with van der Waals surface area (Å²) in [5, 5.41) is 0. The van der Waals surface area contributed by atoms with Crippen molar-refractivity contribution in [1.82, 2.24) is 0 Å². The molecule has 1 aliphatic rings. The number of alkyl halides is 3. The van der Waals surface area contributed by atoms with Gasteiger partial charge in [-0.2, -0.15) is 13.2 Å². The van der Waals surface area contributed by atoms with Gasteiger partial charge in [-0.3, -0.25) is 4.79 Å². The minimum Gasteiger partial charge on any atom is -0.494 e. The van der Waals surface area contributed by atoms with Gasteiger partial charge in [0, 0.05) is 11.5 Å². The highest BCUT2D eigenvalue weighted by Gasteiger charge is 2.43. The number of ether oxygens (including phenoxy) is 1. The molecule has 1 aromatic carbocycles. The number of rotatable bonds is 4. The largest absolute Gasteiger partial charge is 0.494 e. The molecule has 1 aliphatic carbocycles. The van der Waals surface area contributed by atoms with E-state index in [0.717, 1.165) is 0 Å². The Hall–Kier alpha value is -1.52. The van der Waals surface area contributed by atoms with Crippen molar-refractivity contribution in [2.45, 2.75) is 38.8 Å². The lowest BCUT2D eigenvalue weighted by molar-refractivity contribution is -0.184. The topological polar surface area (TPSA) is 26.3 Å². The van der Waals surface area contributed by atoms with Gasteiger partial charge in [0.25, 0.3) is 0 Å². The molecule has 0 heterocycles. The molecule has 2 unspecified atom stereocenters. The van der Waals surface area contributed by atoms with E-state index in [1.807, 2.05) is 6.92 Å². The lowest BCUT2D eigenvalue weighted by Crippen LogP contribution is -2.31. The molecule has 0 radical (unpaired) electrons. The Labute approximate surface area is 122 Å². The van der Waals surface area contributed by atoms with E-state index in [-0.39, 0.29) is 18.6 Å². The van der Waals surface area contributed by atoms with Crippen molar-refractivity contribution in [3.05, 3.63) is 29.8 Å². The van der Waals surface area contributed by atoms with Crippen molar-refractivity contribution >= 4 is 5.78 Å². The second-order valence-electron chi connectivity index (χ2n) is 5.42. The molecule has 0 saturated heterocycles. The maximum Gasteiger partial charge on any atom is 0.391 e. The molecule has 2 rings (SSSR count). The lowest BCUT2D eigenvalue weighted by atomic mass is 9.77. The summed E-state index contributed by atoms with van der Waals surface area (Å²) in [7, 11) is 0. The summed E-state index contributed by atoms with van der Waals surface area (Å²) in [6.45, 7) is 2.39. The predicted octanol–water partition coefficient (Wildman–Crippen LogP) is 4.64. The highest BCUT2D eigenvalue weighted by Crippen LogP contribution is 2.40. The van der Waals surface area contributed by atoms with Gasteiger partial charge in [0.1, 0.15) is 5.75 Å². The van der Waals surface area contributed by atoms with Crippen LogP contribution in [0.1, 0.15) is 43.0 Å². The molecule has 0 N–H and O–H groups in total. The molecule has 0 amide bonds. The molecule has 2 nitrogen and oxygen atoms in total. The van der Waals surface area contributed by atoms with Crippen LogP contribution in [0.25, 0.3) is 0 Å². The molecule has 0 bridgehead atoms. The van der Waals surface area contributed by atoms with Gasteiger partial charge in [0.05, 0.1) is 12.5 Å². The SMILES string of the molecule is CCOc1ccc(C(=O)C2CCCC(C(F)(F)F)C2)cc1. The van der Waals surface area contributed by atoms with Crippen LogP contribution in [-0.4, -0.2) is 18.6 Å². The second kappa shape index (κ2) is 6.50. The third-order valence-corrected chi connectivity index (χ3v) is 3.96. The van der Waals surface area contributed by atoms with Crippen LogP contribution in [0.5, 0.6) is 5.75 Å². The first kappa shape index (κ1) is 15.9. The average Bonchev–Trinajstić information content (AvgIpc) is 2.47. The zero-order valence-electron chi connectivity index (χ0n) is 12.0. The van der Waals surface area contributed by atoms with Gasteiger partial charge in [-0.15, -0.1) is 0 Å². The Morgan fingerprint density at radius 1 is 1.24 bits per heavy atom. The molecule has 21 heavy (non-hydrogen) atoms. The molecular formula is C16H19F3O2. The molecule has 0 spiro atoms. The summed E-state index contributed by atoms with van der Waals surface area (Å²) < 4.78 is 43.7. The summed E-state index contributed by atoms with van der Waals surface area (Å²) in [4.78, 5) is 12.3. The maximum atomic E-state index is 12.8. The Kier molecular flexibility index (Phi) is 4.91. The lowest BCUT2D eigenvalue weighted by Gasteiger charge is -2.29. The summed E-state index contributed by atoms with van der Waals surface area (Å²) in [5.41, 5.74) is 0.464. The fraction of sp³-hybridized carbons (Fsp3) is 0.562. The first-order valence-corrected chi connectivity index (χ1v) is 7.25. The Morgan fingerprint density at radius 3 is 2.48 bits per heavy atom. The number of hydrogen-bond donors (Lipinski definition) is 0. The average molecular weight is 300 g/mol. The van der Waals surface area contributed by atoms with Crippen LogP contribution in [-0.2, 0) is 0 Å². The van der Waals surface area contributed by atoms with E-state index in [2.05, 4.69) is 0 Å². The second-order valence-corrected chi connectivity index (χ2v) is 5.42. The monoisotopic (exact) mass is 300 g/mol. The van der Waals surface area contributed by atoms with E-state index in [4.69, 9.17) is 4.74 Å². The summed E-state index contributed by atoms with van der Waals surface area (Å²) in [6.07, 6.45) is -3.15. The molecule has 1 saturated carbocycles. The molecule has 2 atom stereocenters. The van der Waals surface area contributed by atoms with Crippen molar-refractivity contribution in [3.8, 4) is 5.75 Å². The summed E-state index contributed by atoms with van der Waals surface area (Å²) in [6, 6.07) is 6.62. The predicted molar refractivity (Wildman–Crippen MR) is 73.4 cm³/mol. The van der Waals surface area contributed by atoms with Crippen LogP contribution in [0.2, 0.25) is 0 Å². The van der Waals surface area contributed by atoms with Gasteiger partial charge < -0.3 is 4.74 Å². The van der Waals surface area contributed by atoms with Crippen LogP contribution in [0.3, 0.4) is 0 Å². The Bertz CT molecular complexity index is 479. The zero-order chi connectivity index (χ0) is 15.5. The first-order chi connectivity index (χ1) is 9.91. The third-order valence-electron chi connectivity index (χ3n) is 3.96. The van der Waals surface area contributed by atoms with Crippen molar-refractivity contribution in [3.63, 3.8) is 0 Å². The molecule has 0 aliphatic heterocycles. The smallest absolute Gasteiger partial charge is 0.391 e. The van der Waals surface area contributed by atoms with Crippen LogP contribution in [0, 0.1) is 11.8 Å². The van der Waals surface area contributed by atoms with E-state index >= 15 is 0 Å². The molecule has 1 fully saturated rings. The van der Waals surface area contributed by atoms with E-state index < -0.39 is 18.0 Å². The maximum absolute atomic E-state index is 12.8. The van der Waals surface area contributed by atoms with Gasteiger partial charge in [0.2, 0.25) is 0 Å². The molecule has 1 aromatic rings. The van der Waals surface area contributed by atoms with Crippen molar-refractivity contribution < 1.29 is 22.7 Å². The van der Waals surface area contributed by atoms with Crippen molar-refractivity contribution in [2.75, 3.05) is 6.61 Å². The Balaban J connectivity index is 2.05. The number of ketones is 1. The fourth-order valence-corrected chi connectivity index (χ4v) is 2.84. The van der Waals surface area contributed by atoms with Crippen molar-refractivity contribution in [2.24, 2.45) is 11.8 Å². The van der Waals surface area contributed by atoms with Crippen LogP contribution in [0.15, 0.2) is 24.3 Å². The van der Waals surface area contributed by atoms with Crippen LogP contribution in [0.4, 0.5) is 13.2 Å². The third kappa shape index (κ3) is 3.99. The number of benzene rings is 1. The Morgan fingerprint density at radius 2 is 1.90 bits per heavy atom. The first-order valence-electron chi connectivity index (χ1n) is 7.25. The van der Waals surface area contributed by atoms with Crippen LogP contribution < -0.4 is 4.74 Å². The zero-order valence-corrected chi connectivity index (χ0v) is 12.0. The number of carbonyl (C=O) groups excluding carboxylic acids is 1. The molecule has 116 valence electrons. The van der Waals surface area contributed by atoms with Gasteiger partial charge in [-0.25, -0.2) is 0 Å². The number of carbonyl (C=O) groups is 1. The number of Topliss-reactive ketones (excluding diaryl/α,β-unsaturated/α-hetero) is 1. The van der Waals surface area contributed by atoms with Gasteiger partial charge in [-0.05, 0) is 50.5 Å². The normalized spacial score (nSPS) is 22.9. The van der Waals surface area contributed by atoms with E-state index in [0.29, 0.717) is 30.8 Å².